The third-order valence-corrected chi connectivity index (χ3v) is 6.10. The van der Waals surface area contributed by atoms with E-state index in [1.807, 2.05) is 17.0 Å². The van der Waals surface area contributed by atoms with Gasteiger partial charge >= 0.3 is 6.03 Å². The molecule has 2 amide bonds. The van der Waals surface area contributed by atoms with E-state index in [1.165, 1.54) is 0 Å². The van der Waals surface area contributed by atoms with Crippen molar-refractivity contribution in [3.05, 3.63) is 34.9 Å². The van der Waals surface area contributed by atoms with Gasteiger partial charge in [-0.15, -0.1) is 0 Å². The molecule has 1 aromatic carbocycles. The van der Waals surface area contributed by atoms with Crippen molar-refractivity contribution < 1.29 is 9.90 Å². The van der Waals surface area contributed by atoms with Gasteiger partial charge in [-0.25, -0.2) is 4.79 Å². The third kappa shape index (κ3) is 4.51. The molecule has 144 valence electrons. The molecule has 1 aromatic rings. The van der Waals surface area contributed by atoms with Gasteiger partial charge < -0.3 is 20.2 Å². The standard InChI is InChI=1S/C20H30ClN3O2/c1-15(2)24-10-7-16(14-24)13-22-19(25)23-11-8-20(26,9-12-23)17-3-5-18(21)6-4-17/h3-6,15-16,26H,7-14H2,1-2H3,(H,22,25). The average Bonchev–Trinajstić information content (AvgIpc) is 3.10. The molecule has 0 saturated carbocycles. The number of urea groups is 1. The number of carbonyl (C=O) groups excluding carboxylic acids is 1. The Bertz CT molecular complexity index is 612. The quantitative estimate of drug-likeness (QED) is 0.845. The van der Waals surface area contributed by atoms with Crippen LogP contribution >= 0.6 is 11.6 Å². The molecule has 2 heterocycles. The van der Waals surface area contributed by atoms with Gasteiger partial charge in [0, 0.05) is 37.2 Å². The van der Waals surface area contributed by atoms with E-state index < -0.39 is 5.60 Å². The maximum atomic E-state index is 12.5. The summed E-state index contributed by atoms with van der Waals surface area (Å²) < 4.78 is 0. The molecule has 1 atom stereocenters. The smallest absolute Gasteiger partial charge is 0.317 e. The molecule has 2 N–H and O–H groups in total. The summed E-state index contributed by atoms with van der Waals surface area (Å²) in [4.78, 5) is 16.7. The first-order valence-corrected chi connectivity index (χ1v) is 10.0. The van der Waals surface area contributed by atoms with Crippen molar-refractivity contribution in [1.82, 2.24) is 15.1 Å². The monoisotopic (exact) mass is 379 g/mol. The van der Waals surface area contributed by atoms with E-state index in [-0.39, 0.29) is 6.03 Å². The van der Waals surface area contributed by atoms with Crippen LogP contribution in [-0.2, 0) is 5.60 Å². The number of aliphatic hydroxyl groups is 1. The Morgan fingerprint density at radius 3 is 2.50 bits per heavy atom. The van der Waals surface area contributed by atoms with Crippen LogP contribution in [0.15, 0.2) is 24.3 Å². The number of hydrogen-bond acceptors (Lipinski definition) is 3. The zero-order chi connectivity index (χ0) is 18.7. The highest BCUT2D eigenvalue weighted by molar-refractivity contribution is 6.30. The van der Waals surface area contributed by atoms with Crippen LogP contribution in [0.2, 0.25) is 5.02 Å². The van der Waals surface area contributed by atoms with Gasteiger partial charge in [0.05, 0.1) is 5.60 Å². The molecule has 2 aliphatic heterocycles. The molecule has 5 nitrogen and oxygen atoms in total. The predicted molar refractivity (Wildman–Crippen MR) is 104 cm³/mol. The number of amides is 2. The molecule has 26 heavy (non-hydrogen) atoms. The second kappa shape index (κ2) is 8.15. The number of halogens is 1. The van der Waals surface area contributed by atoms with Crippen molar-refractivity contribution in [3.63, 3.8) is 0 Å². The SMILES string of the molecule is CC(C)N1CCC(CNC(=O)N2CCC(O)(c3ccc(Cl)cc3)CC2)C1. The molecule has 6 heteroatoms. The summed E-state index contributed by atoms with van der Waals surface area (Å²) in [6.07, 6.45) is 2.24. The summed E-state index contributed by atoms with van der Waals surface area (Å²) >= 11 is 5.93. The van der Waals surface area contributed by atoms with E-state index >= 15 is 0 Å². The van der Waals surface area contributed by atoms with Gasteiger partial charge in [-0.05, 0) is 63.3 Å². The Morgan fingerprint density at radius 1 is 1.27 bits per heavy atom. The molecular formula is C20H30ClN3O2. The van der Waals surface area contributed by atoms with Crippen molar-refractivity contribution in [3.8, 4) is 0 Å². The summed E-state index contributed by atoms with van der Waals surface area (Å²) in [7, 11) is 0. The van der Waals surface area contributed by atoms with Gasteiger partial charge in [-0.1, -0.05) is 23.7 Å². The zero-order valence-corrected chi connectivity index (χ0v) is 16.5. The van der Waals surface area contributed by atoms with Crippen LogP contribution in [0.3, 0.4) is 0 Å². The van der Waals surface area contributed by atoms with Gasteiger partial charge in [0.1, 0.15) is 0 Å². The van der Waals surface area contributed by atoms with Crippen LogP contribution in [0.5, 0.6) is 0 Å². The second-order valence-electron chi connectivity index (χ2n) is 7.95. The van der Waals surface area contributed by atoms with Crippen LogP contribution in [0.25, 0.3) is 0 Å². The van der Waals surface area contributed by atoms with Crippen molar-refractivity contribution in [2.45, 2.75) is 44.8 Å². The lowest BCUT2D eigenvalue weighted by Gasteiger charge is -2.38. The summed E-state index contributed by atoms with van der Waals surface area (Å²) in [5.74, 6) is 0.539. The molecule has 0 aliphatic carbocycles. The number of carbonyl (C=O) groups is 1. The summed E-state index contributed by atoms with van der Waals surface area (Å²) in [6, 6.07) is 7.91. The average molecular weight is 380 g/mol. The minimum Gasteiger partial charge on any atom is -0.385 e. The van der Waals surface area contributed by atoms with Gasteiger partial charge in [0.25, 0.3) is 0 Å². The van der Waals surface area contributed by atoms with Crippen molar-refractivity contribution in [2.75, 3.05) is 32.7 Å². The Labute approximate surface area is 161 Å². The Morgan fingerprint density at radius 2 is 1.92 bits per heavy atom. The lowest BCUT2D eigenvalue weighted by molar-refractivity contribution is -0.0168. The Kier molecular flexibility index (Phi) is 6.10. The second-order valence-corrected chi connectivity index (χ2v) is 8.39. The molecule has 0 aromatic heterocycles. The summed E-state index contributed by atoms with van der Waals surface area (Å²) in [5.41, 5.74) is 0.00612. The molecule has 1 unspecified atom stereocenters. The maximum absolute atomic E-state index is 12.5. The number of likely N-dealkylation sites (tertiary alicyclic amines) is 2. The van der Waals surface area contributed by atoms with Crippen LogP contribution in [0.4, 0.5) is 4.79 Å². The van der Waals surface area contributed by atoms with Gasteiger partial charge in [-0.2, -0.15) is 0 Å². The molecule has 0 bridgehead atoms. The number of benzene rings is 1. The number of nitrogens with one attached hydrogen (secondary N) is 1. The van der Waals surface area contributed by atoms with Crippen LogP contribution in [0.1, 0.15) is 38.7 Å². The van der Waals surface area contributed by atoms with Crippen molar-refractivity contribution >= 4 is 17.6 Å². The number of rotatable bonds is 4. The number of hydrogen-bond donors (Lipinski definition) is 2. The minimum absolute atomic E-state index is 0.00819. The Hall–Kier alpha value is -1.30. The molecule has 2 fully saturated rings. The topological polar surface area (TPSA) is 55.8 Å². The molecule has 3 rings (SSSR count). The van der Waals surface area contributed by atoms with Gasteiger partial charge in [0.2, 0.25) is 0 Å². The largest absolute Gasteiger partial charge is 0.385 e. The summed E-state index contributed by atoms with van der Waals surface area (Å²) in [6.45, 7) is 8.48. The molecule has 0 spiro atoms. The van der Waals surface area contributed by atoms with E-state index in [0.29, 0.717) is 42.9 Å². The van der Waals surface area contributed by atoms with E-state index in [4.69, 9.17) is 11.6 Å². The number of nitrogens with zero attached hydrogens (tertiary/aromatic N) is 2. The first-order valence-electron chi connectivity index (χ1n) is 9.62. The predicted octanol–water partition coefficient (Wildman–Crippen LogP) is 3.06. The lowest BCUT2D eigenvalue weighted by Crippen LogP contribution is -2.49. The van der Waals surface area contributed by atoms with Crippen molar-refractivity contribution in [1.29, 1.82) is 0 Å². The fraction of sp³-hybridized carbons (Fsp3) is 0.650. The highest BCUT2D eigenvalue weighted by atomic mass is 35.5. The Balaban J connectivity index is 1.46. The normalized spacial score (nSPS) is 23.4. The fourth-order valence-corrected chi connectivity index (χ4v) is 4.10. The van der Waals surface area contributed by atoms with Crippen LogP contribution < -0.4 is 5.32 Å². The van der Waals surface area contributed by atoms with Gasteiger partial charge in [-0.3, -0.25) is 0 Å². The molecular weight excluding hydrogens is 350 g/mol. The summed E-state index contributed by atoms with van der Waals surface area (Å²) in [5, 5.41) is 14.7. The molecule has 2 saturated heterocycles. The first kappa shape index (κ1) is 19.5. The zero-order valence-electron chi connectivity index (χ0n) is 15.7. The highest BCUT2D eigenvalue weighted by Crippen LogP contribution is 2.33. The third-order valence-electron chi connectivity index (χ3n) is 5.85. The fourth-order valence-electron chi connectivity index (χ4n) is 3.97. The van der Waals surface area contributed by atoms with E-state index in [2.05, 4.69) is 24.1 Å². The van der Waals surface area contributed by atoms with E-state index in [1.54, 1.807) is 12.1 Å². The lowest BCUT2D eigenvalue weighted by atomic mass is 9.84. The van der Waals surface area contributed by atoms with Crippen molar-refractivity contribution in [2.24, 2.45) is 5.92 Å². The first-order chi connectivity index (χ1) is 12.4. The van der Waals surface area contributed by atoms with E-state index in [9.17, 15) is 9.90 Å². The highest BCUT2D eigenvalue weighted by Gasteiger charge is 2.35. The number of piperidine rings is 1. The van der Waals surface area contributed by atoms with Gasteiger partial charge in [0.15, 0.2) is 0 Å². The molecule has 2 aliphatic rings. The van der Waals surface area contributed by atoms with Crippen LogP contribution in [0, 0.1) is 5.92 Å². The minimum atomic E-state index is -0.870. The molecule has 0 radical (unpaired) electrons. The van der Waals surface area contributed by atoms with Crippen LogP contribution in [-0.4, -0.2) is 59.7 Å². The maximum Gasteiger partial charge on any atom is 0.317 e. The van der Waals surface area contributed by atoms with E-state index in [0.717, 1.165) is 31.6 Å².